The van der Waals surface area contributed by atoms with Crippen LogP contribution in [0.1, 0.15) is 58.9 Å². The molecular weight excluding hydrogens is 463 g/mol. The number of halogens is 2. The quantitative estimate of drug-likeness (QED) is 0.506. The van der Waals surface area contributed by atoms with E-state index in [-0.39, 0.29) is 22.3 Å². The molecule has 1 saturated carbocycles. The van der Waals surface area contributed by atoms with Crippen LogP contribution < -0.4 is 10.2 Å². The fraction of sp³-hybridized carbons (Fsp3) is 0.333. The number of carbonyl (C=O) groups excluding carboxylic acids is 2. The summed E-state index contributed by atoms with van der Waals surface area (Å²) in [4.78, 5) is 28.8. The topological polar surface area (TPSA) is 75.2 Å². The van der Waals surface area contributed by atoms with Gasteiger partial charge >= 0.3 is 0 Å². The van der Waals surface area contributed by atoms with Gasteiger partial charge in [0.05, 0.1) is 0 Å². The molecule has 1 heterocycles. The number of rotatable bonds is 6. The average molecular weight is 487 g/mol. The molecule has 0 saturated heterocycles. The number of benzene rings is 2. The van der Waals surface area contributed by atoms with Gasteiger partial charge in [-0.2, -0.15) is 0 Å². The number of nitrogens with one attached hydrogen (secondary N) is 1. The van der Waals surface area contributed by atoms with Gasteiger partial charge in [-0.1, -0.05) is 47.1 Å². The number of amides is 2. The van der Waals surface area contributed by atoms with Crippen LogP contribution in [0.5, 0.6) is 0 Å². The molecule has 4 rings (SSSR count). The fourth-order valence-electron chi connectivity index (χ4n) is 4.23. The first-order chi connectivity index (χ1) is 15.9. The molecule has 0 unspecified atom stereocenters. The molecule has 1 fully saturated rings. The van der Waals surface area contributed by atoms with Gasteiger partial charge in [0.15, 0.2) is 5.69 Å². The second-order valence-electron chi connectivity index (χ2n) is 8.28. The van der Waals surface area contributed by atoms with E-state index in [4.69, 9.17) is 11.6 Å². The number of carbonyl (C=O) groups is 2. The fourth-order valence-corrected chi connectivity index (χ4v) is 4.92. The molecule has 0 spiro atoms. The predicted molar refractivity (Wildman–Crippen MR) is 127 cm³/mol. The van der Waals surface area contributed by atoms with E-state index in [1.165, 1.54) is 28.5 Å². The van der Waals surface area contributed by atoms with Crippen molar-refractivity contribution < 1.29 is 14.0 Å². The molecule has 1 aliphatic carbocycles. The molecule has 6 nitrogen and oxygen atoms in total. The highest BCUT2D eigenvalue weighted by Gasteiger charge is 2.39. The van der Waals surface area contributed by atoms with E-state index in [1.54, 1.807) is 6.07 Å². The van der Waals surface area contributed by atoms with Crippen molar-refractivity contribution in [2.24, 2.45) is 0 Å². The third-order valence-corrected chi connectivity index (χ3v) is 6.74. The second-order valence-corrected chi connectivity index (χ2v) is 9.30. The van der Waals surface area contributed by atoms with Gasteiger partial charge in [0.25, 0.3) is 5.91 Å². The maximum absolute atomic E-state index is 15.2. The molecule has 172 valence electrons. The molecule has 1 aromatic heterocycles. The molecule has 0 aliphatic heterocycles. The molecule has 2 amide bonds. The first-order valence-corrected chi connectivity index (χ1v) is 12.0. The smallest absolute Gasteiger partial charge is 0.280 e. The van der Waals surface area contributed by atoms with E-state index in [0.29, 0.717) is 5.69 Å². The Kier molecular flexibility index (Phi) is 7.05. The van der Waals surface area contributed by atoms with Crippen molar-refractivity contribution in [3.05, 3.63) is 75.0 Å². The van der Waals surface area contributed by atoms with E-state index in [1.807, 2.05) is 26.0 Å². The van der Waals surface area contributed by atoms with E-state index in [2.05, 4.69) is 14.9 Å². The summed E-state index contributed by atoms with van der Waals surface area (Å²) in [6.07, 6.45) is 3.72. The van der Waals surface area contributed by atoms with Crippen molar-refractivity contribution in [1.82, 2.24) is 14.9 Å². The van der Waals surface area contributed by atoms with Crippen LogP contribution in [0.3, 0.4) is 0 Å². The average Bonchev–Trinajstić information content (AvgIpc) is 3.49. The van der Waals surface area contributed by atoms with Crippen LogP contribution >= 0.6 is 23.1 Å². The molecule has 2 aromatic carbocycles. The molecule has 1 aliphatic rings. The normalized spacial score (nSPS) is 14.8. The van der Waals surface area contributed by atoms with E-state index < -0.39 is 23.7 Å². The monoisotopic (exact) mass is 486 g/mol. The van der Waals surface area contributed by atoms with Crippen molar-refractivity contribution in [2.75, 3.05) is 4.90 Å². The predicted octanol–water partition coefficient (Wildman–Crippen LogP) is 5.39. The Morgan fingerprint density at radius 2 is 1.97 bits per heavy atom. The molecule has 9 heteroatoms. The third kappa shape index (κ3) is 4.91. The van der Waals surface area contributed by atoms with Crippen LogP contribution in [0.2, 0.25) is 5.02 Å². The van der Waals surface area contributed by atoms with Crippen molar-refractivity contribution in [3.63, 3.8) is 0 Å². The Hall–Kier alpha value is -2.84. The van der Waals surface area contributed by atoms with Crippen LogP contribution in [0.4, 0.5) is 10.1 Å². The summed E-state index contributed by atoms with van der Waals surface area (Å²) in [5, 5.41) is 8.52. The molecule has 1 atom stereocenters. The maximum atomic E-state index is 15.2. The summed E-state index contributed by atoms with van der Waals surface area (Å²) >= 11 is 7.46. The number of aryl methyl sites for hydroxylation is 2. The minimum absolute atomic E-state index is 0.0259. The Labute approximate surface area is 200 Å². The van der Waals surface area contributed by atoms with Crippen LogP contribution in [-0.2, 0) is 4.79 Å². The third-order valence-electron chi connectivity index (χ3n) is 5.90. The van der Waals surface area contributed by atoms with Gasteiger partial charge in [-0.15, -0.1) is 5.10 Å². The summed E-state index contributed by atoms with van der Waals surface area (Å²) in [6, 6.07) is 8.46. The molecular formula is C24H24ClFN4O2S. The number of nitrogens with zero attached hydrogens (tertiary/aromatic N) is 3. The van der Waals surface area contributed by atoms with Gasteiger partial charge < -0.3 is 5.32 Å². The number of hydrogen-bond donors (Lipinski definition) is 1. The Morgan fingerprint density at radius 3 is 2.64 bits per heavy atom. The zero-order valence-electron chi connectivity index (χ0n) is 18.3. The second kappa shape index (κ2) is 9.97. The van der Waals surface area contributed by atoms with E-state index in [0.717, 1.165) is 48.3 Å². The Bertz CT molecular complexity index is 1150. The van der Waals surface area contributed by atoms with Crippen LogP contribution in [-0.4, -0.2) is 27.4 Å². The lowest BCUT2D eigenvalue weighted by Crippen LogP contribution is -2.47. The van der Waals surface area contributed by atoms with E-state index in [9.17, 15) is 9.59 Å². The van der Waals surface area contributed by atoms with Crippen molar-refractivity contribution in [3.8, 4) is 0 Å². The van der Waals surface area contributed by atoms with Gasteiger partial charge in [0.1, 0.15) is 11.9 Å². The largest absolute Gasteiger partial charge is 0.351 e. The lowest BCUT2D eigenvalue weighted by Gasteiger charge is -2.33. The highest BCUT2D eigenvalue weighted by molar-refractivity contribution is 7.03. The van der Waals surface area contributed by atoms with Crippen LogP contribution in [0, 0.1) is 19.7 Å². The standard InChI is InChI=1S/C24H24ClFN4O2S/c1-14-10-11-15(2)20(12-14)30(24(32)19-13-33-29-28-19)22(21-17(25)8-5-9-18(21)26)23(31)27-16-6-3-4-7-16/h5,8-13,16,22H,3-4,6-7H2,1-2H3,(H,27,31)/t22-/m1/s1. The lowest BCUT2D eigenvalue weighted by atomic mass is 9.99. The van der Waals surface area contributed by atoms with Crippen LogP contribution in [0.25, 0.3) is 0 Å². The zero-order valence-corrected chi connectivity index (χ0v) is 19.9. The summed E-state index contributed by atoms with van der Waals surface area (Å²) in [5.74, 6) is -1.69. The highest BCUT2D eigenvalue weighted by Crippen LogP contribution is 2.37. The van der Waals surface area contributed by atoms with Crippen molar-refractivity contribution in [2.45, 2.75) is 51.6 Å². The van der Waals surface area contributed by atoms with E-state index >= 15 is 4.39 Å². The first kappa shape index (κ1) is 23.3. The molecule has 3 aromatic rings. The summed E-state index contributed by atoms with van der Waals surface area (Å²) in [5.41, 5.74) is 2.15. The Morgan fingerprint density at radius 1 is 1.21 bits per heavy atom. The summed E-state index contributed by atoms with van der Waals surface area (Å²) in [7, 11) is 0. The van der Waals surface area contributed by atoms with Crippen molar-refractivity contribution >= 4 is 40.6 Å². The van der Waals surface area contributed by atoms with Gasteiger partial charge in [0, 0.05) is 27.7 Å². The van der Waals surface area contributed by atoms with Crippen LogP contribution in [0.15, 0.2) is 41.8 Å². The molecule has 33 heavy (non-hydrogen) atoms. The maximum Gasteiger partial charge on any atom is 0.280 e. The van der Waals surface area contributed by atoms with Gasteiger partial charge in [-0.25, -0.2) is 4.39 Å². The minimum Gasteiger partial charge on any atom is -0.351 e. The zero-order chi connectivity index (χ0) is 23.5. The summed E-state index contributed by atoms with van der Waals surface area (Å²) in [6.45, 7) is 3.73. The minimum atomic E-state index is -1.32. The van der Waals surface area contributed by atoms with Crippen molar-refractivity contribution in [1.29, 1.82) is 0 Å². The number of hydrogen-bond acceptors (Lipinski definition) is 5. The Balaban J connectivity index is 1.91. The SMILES string of the molecule is Cc1ccc(C)c(N(C(=O)c2csnn2)[C@@H](C(=O)NC2CCCC2)c2c(F)cccc2Cl)c1. The van der Waals surface area contributed by atoms with Gasteiger partial charge in [-0.3, -0.25) is 14.5 Å². The van der Waals surface area contributed by atoms with Gasteiger partial charge in [-0.05, 0) is 67.5 Å². The summed E-state index contributed by atoms with van der Waals surface area (Å²) < 4.78 is 19.0. The van der Waals surface area contributed by atoms with Gasteiger partial charge in [0.2, 0.25) is 5.91 Å². The molecule has 0 bridgehead atoms. The molecule has 1 N–H and O–H groups in total. The number of aromatic nitrogens is 2. The highest BCUT2D eigenvalue weighted by atomic mass is 35.5. The first-order valence-electron chi connectivity index (χ1n) is 10.8. The number of anilines is 1. The molecule has 0 radical (unpaired) electrons. The lowest BCUT2D eigenvalue weighted by molar-refractivity contribution is -0.123.